The molecule has 1 aromatic carbocycles. The normalized spacial score (nSPS) is 17.4. The van der Waals surface area contributed by atoms with Crippen LogP contribution in [0.4, 0.5) is 11.6 Å². The molecule has 0 spiro atoms. The number of carboxylic acids is 1. The van der Waals surface area contributed by atoms with Gasteiger partial charge in [-0.25, -0.2) is 18.2 Å². The number of piperidine rings is 1. The first-order valence-corrected chi connectivity index (χ1v) is 12.9. The van der Waals surface area contributed by atoms with Crippen molar-refractivity contribution in [2.45, 2.75) is 49.1 Å². The van der Waals surface area contributed by atoms with E-state index < -0.39 is 34.0 Å². The van der Waals surface area contributed by atoms with Crippen LogP contribution in [0.15, 0.2) is 29.4 Å². The number of aliphatic carboxylic acids is 1. The molecule has 0 saturated carbocycles. The molecule has 2 aromatic rings. The molecule has 14 heteroatoms. The molecule has 34 heavy (non-hydrogen) atoms. The second kappa shape index (κ2) is 11.3. The largest absolute Gasteiger partial charge is 0.480 e. The zero-order chi connectivity index (χ0) is 24.9. The molecule has 1 saturated heterocycles. The smallest absolute Gasteiger partial charge is 0.326 e. The number of halogens is 2. The van der Waals surface area contributed by atoms with Crippen LogP contribution in [0.1, 0.15) is 32.1 Å². The Morgan fingerprint density at radius 3 is 2.74 bits per heavy atom. The van der Waals surface area contributed by atoms with E-state index >= 15 is 0 Å². The Morgan fingerprint density at radius 1 is 1.29 bits per heavy atom. The molecule has 2 heterocycles. The molecule has 186 valence electrons. The summed E-state index contributed by atoms with van der Waals surface area (Å²) in [6.45, 7) is 0.628. The quantitative estimate of drug-likeness (QED) is 0.229. The number of amides is 1. The Kier molecular flexibility index (Phi) is 8.63. The molecule has 1 aromatic heterocycles. The van der Waals surface area contributed by atoms with Gasteiger partial charge in [0.2, 0.25) is 15.9 Å². The van der Waals surface area contributed by atoms with Crippen LogP contribution in [0.2, 0.25) is 10.0 Å². The summed E-state index contributed by atoms with van der Waals surface area (Å²) in [4.78, 5) is 32.9. The number of benzene rings is 1. The van der Waals surface area contributed by atoms with Crippen LogP contribution in [0.25, 0.3) is 0 Å². The van der Waals surface area contributed by atoms with Gasteiger partial charge in [0.15, 0.2) is 5.95 Å². The number of nitrogens with two attached hydrogens (primary N) is 1. The number of nitrogens with one attached hydrogen (secondary N) is 3. The summed E-state index contributed by atoms with van der Waals surface area (Å²) >= 11 is 12.1. The third-order valence-electron chi connectivity index (χ3n) is 5.47. The van der Waals surface area contributed by atoms with Crippen molar-refractivity contribution in [2.24, 2.45) is 0 Å². The van der Waals surface area contributed by atoms with Gasteiger partial charge in [0, 0.05) is 25.5 Å². The van der Waals surface area contributed by atoms with Crippen LogP contribution in [-0.4, -0.2) is 65.4 Å². The molecule has 6 N–H and O–H groups in total. The summed E-state index contributed by atoms with van der Waals surface area (Å²) in [6, 6.07) is 0.107. The highest BCUT2D eigenvalue weighted by Gasteiger charge is 2.37. The van der Waals surface area contributed by atoms with Gasteiger partial charge < -0.3 is 26.0 Å². The van der Waals surface area contributed by atoms with Crippen molar-refractivity contribution in [3.63, 3.8) is 0 Å². The van der Waals surface area contributed by atoms with Crippen molar-refractivity contribution in [1.29, 1.82) is 0 Å². The average Bonchev–Trinajstić information content (AvgIpc) is 3.31. The molecule has 1 unspecified atom stereocenters. The summed E-state index contributed by atoms with van der Waals surface area (Å²) in [5.74, 6) is -1.19. The molecule has 2 atom stereocenters. The Balaban J connectivity index is 1.82. The molecular weight excluding hydrogens is 507 g/mol. The van der Waals surface area contributed by atoms with Crippen LogP contribution in [0.3, 0.4) is 0 Å². The van der Waals surface area contributed by atoms with Crippen molar-refractivity contribution >= 4 is 56.7 Å². The monoisotopic (exact) mass is 532 g/mol. The summed E-state index contributed by atoms with van der Waals surface area (Å²) in [6.07, 6.45) is 5.33. The number of sulfonamides is 1. The highest BCUT2D eigenvalue weighted by molar-refractivity contribution is 7.89. The topological polar surface area (TPSA) is 171 Å². The van der Waals surface area contributed by atoms with Crippen molar-refractivity contribution in [1.82, 2.24) is 19.6 Å². The lowest BCUT2D eigenvalue weighted by Crippen LogP contribution is -2.55. The second-order valence-electron chi connectivity index (χ2n) is 7.87. The number of nitrogens with zero attached hydrogens (tertiary/aromatic N) is 2. The minimum atomic E-state index is -4.29. The number of hydrogen-bond donors (Lipinski definition) is 5. The standard InChI is InChI=1S/C20H26Cl2N6O5S/c21-12-11-17(13(22)10-14(12)23)34(32,33)27-15(4-3-6-24-20-25-7-8-26-20)18(29)28-9-2-1-5-16(28)19(30)31/h7-8,10-11,15-16,27H,1-6,9,23H2,(H,30,31)(H2,24,25,26)/t15-,16?/m0/s1. The number of carbonyl (C=O) groups is 2. The molecular formula is C20H26Cl2N6O5S. The van der Waals surface area contributed by atoms with Gasteiger partial charge in [0.1, 0.15) is 17.0 Å². The van der Waals surface area contributed by atoms with Gasteiger partial charge in [0.05, 0.1) is 15.7 Å². The number of rotatable bonds is 10. The maximum absolute atomic E-state index is 13.4. The van der Waals surface area contributed by atoms with E-state index in [1.165, 1.54) is 11.0 Å². The molecule has 1 aliphatic rings. The molecule has 0 aliphatic carbocycles. The third kappa shape index (κ3) is 6.32. The number of aromatic amines is 1. The average molecular weight is 533 g/mol. The first kappa shape index (κ1) is 26.1. The minimum Gasteiger partial charge on any atom is -0.480 e. The van der Waals surface area contributed by atoms with E-state index in [0.717, 1.165) is 6.07 Å². The SMILES string of the molecule is Nc1cc(Cl)c(S(=O)(=O)N[C@@H](CCCNc2ncc[nH]2)C(=O)N2CCCCC2C(=O)O)cc1Cl. The van der Waals surface area contributed by atoms with Gasteiger partial charge in [0.25, 0.3) is 0 Å². The van der Waals surface area contributed by atoms with Gasteiger partial charge in [-0.15, -0.1) is 0 Å². The maximum Gasteiger partial charge on any atom is 0.326 e. The van der Waals surface area contributed by atoms with E-state index in [4.69, 9.17) is 28.9 Å². The predicted molar refractivity (Wildman–Crippen MR) is 128 cm³/mol. The van der Waals surface area contributed by atoms with Gasteiger partial charge in [-0.3, -0.25) is 4.79 Å². The highest BCUT2D eigenvalue weighted by atomic mass is 35.5. The Morgan fingerprint density at radius 2 is 2.06 bits per heavy atom. The summed E-state index contributed by atoms with van der Waals surface area (Å²) < 4.78 is 28.7. The fraction of sp³-hybridized carbons (Fsp3) is 0.450. The summed E-state index contributed by atoms with van der Waals surface area (Å²) in [5.41, 5.74) is 5.79. The fourth-order valence-electron chi connectivity index (χ4n) is 3.76. The van der Waals surface area contributed by atoms with E-state index in [0.29, 0.717) is 38.2 Å². The van der Waals surface area contributed by atoms with Gasteiger partial charge >= 0.3 is 5.97 Å². The van der Waals surface area contributed by atoms with Gasteiger partial charge in [-0.05, 0) is 44.2 Å². The predicted octanol–water partition coefficient (Wildman–Crippen LogP) is 2.30. The number of carbonyl (C=O) groups excluding carboxylic acids is 1. The molecule has 0 radical (unpaired) electrons. The fourth-order valence-corrected chi connectivity index (χ4v) is 5.77. The van der Waals surface area contributed by atoms with Crippen molar-refractivity contribution in [2.75, 3.05) is 24.1 Å². The summed E-state index contributed by atoms with van der Waals surface area (Å²) in [7, 11) is -4.29. The third-order valence-corrected chi connectivity index (χ3v) is 7.73. The number of anilines is 2. The molecule has 1 amide bonds. The number of aromatic nitrogens is 2. The number of likely N-dealkylation sites (tertiary alicyclic amines) is 1. The Labute approximate surface area is 207 Å². The minimum absolute atomic E-state index is 0.00253. The van der Waals surface area contributed by atoms with Crippen LogP contribution in [0, 0.1) is 0 Å². The lowest BCUT2D eigenvalue weighted by atomic mass is 10.00. The van der Waals surface area contributed by atoms with Crippen molar-refractivity contribution in [3.05, 3.63) is 34.6 Å². The van der Waals surface area contributed by atoms with Crippen LogP contribution in [-0.2, 0) is 19.6 Å². The number of nitrogen functional groups attached to an aromatic ring is 1. The zero-order valence-corrected chi connectivity index (χ0v) is 20.5. The van der Waals surface area contributed by atoms with E-state index in [1.54, 1.807) is 12.4 Å². The lowest BCUT2D eigenvalue weighted by molar-refractivity contribution is -0.152. The van der Waals surface area contributed by atoms with Crippen molar-refractivity contribution < 1.29 is 23.1 Å². The highest BCUT2D eigenvalue weighted by Crippen LogP contribution is 2.30. The van der Waals surface area contributed by atoms with E-state index in [2.05, 4.69) is 20.0 Å². The van der Waals surface area contributed by atoms with Crippen molar-refractivity contribution in [3.8, 4) is 0 Å². The first-order chi connectivity index (χ1) is 16.1. The Bertz CT molecular complexity index is 1130. The molecule has 1 fully saturated rings. The van der Waals surface area contributed by atoms with Crippen LogP contribution >= 0.6 is 23.2 Å². The van der Waals surface area contributed by atoms with Gasteiger partial charge in [-0.1, -0.05) is 23.2 Å². The lowest BCUT2D eigenvalue weighted by Gasteiger charge is -2.35. The van der Waals surface area contributed by atoms with Gasteiger partial charge in [-0.2, -0.15) is 4.72 Å². The number of imidazole rings is 1. The van der Waals surface area contributed by atoms with E-state index in [9.17, 15) is 23.1 Å². The summed E-state index contributed by atoms with van der Waals surface area (Å²) in [5, 5.41) is 12.4. The molecule has 3 rings (SSSR count). The second-order valence-corrected chi connectivity index (χ2v) is 10.4. The maximum atomic E-state index is 13.4. The van der Waals surface area contributed by atoms with Crippen LogP contribution < -0.4 is 15.8 Å². The first-order valence-electron chi connectivity index (χ1n) is 10.6. The number of hydrogen-bond acceptors (Lipinski definition) is 7. The molecule has 11 nitrogen and oxygen atoms in total. The van der Waals surface area contributed by atoms with E-state index in [-0.39, 0.29) is 33.6 Å². The Hall–Kier alpha value is -2.54. The zero-order valence-electron chi connectivity index (χ0n) is 18.1. The number of carboxylic acid groups (broad SMARTS) is 1. The van der Waals surface area contributed by atoms with E-state index in [1.807, 2.05) is 0 Å². The van der Waals surface area contributed by atoms with Crippen LogP contribution in [0.5, 0.6) is 0 Å². The molecule has 0 bridgehead atoms. The number of H-pyrrole nitrogens is 1. The molecule has 1 aliphatic heterocycles.